The normalized spacial score (nSPS) is 10.0. The Morgan fingerprint density at radius 2 is 2.00 bits per heavy atom. The first kappa shape index (κ1) is 6.39. The van der Waals surface area contributed by atoms with Gasteiger partial charge in [-0.1, -0.05) is 19.6 Å². The maximum Gasteiger partial charge on any atom is 0.127 e. The van der Waals surface area contributed by atoms with E-state index < -0.39 is 0 Å². The number of nitrogens with one attached hydrogen (secondary N) is 1. The first-order valence-corrected chi connectivity index (χ1v) is 6.00. The van der Waals surface area contributed by atoms with Gasteiger partial charge >= 0.3 is 0 Å². The van der Waals surface area contributed by atoms with Crippen LogP contribution in [0.3, 0.4) is 0 Å². The molecule has 0 heterocycles. The molecule has 0 aliphatic carbocycles. The molecule has 35 valence electrons. The van der Waals surface area contributed by atoms with Crippen molar-refractivity contribution in [1.29, 1.82) is 0 Å². The molecule has 0 aromatic rings. The lowest BCUT2D eigenvalue weighted by Gasteiger charge is -1.96. The Labute approximate surface area is 43.7 Å². The van der Waals surface area contributed by atoms with E-state index in [1.165, 1.54) is 0 Å². The minimum Gasteiger partial charge on any atom is -0.363 e. The molecule has 0 saturated heterocycles. The molecule has 0 aliphatic rings. The zero-order valence-corrected chi connectivity index (χ0v) is 6.50. The maximum atomic E-state index is 3.34. The van der Waals surface area contributed by atoms with Crippen molar-refractivity contribution in [3.63, 3.8) is 0 Å². The standard InChI is InChI=1S/C3H10NSi2/c1-5-4-6(2)3/h4H,1-3H3. The van der Waals surface area contributed by atoms with Crippen molar-refractivity contribution in [2.75, 3.05) is 0 Å². The van der Waals surface area contributed by atoms with Crippen LogP contribution in [0.5, 0.6) is 0 Å². The third-order valence-corrected chi connectivity index (χ3v) is 3.38. The van der Waals surface area contributed by atoms with Crippen molar-refractivity contribution in [3.05, 3.63) is 0 Å². The summed E-state index contributed by atoms with van der Waals surface area (Å²) in [6.45, 7) is 6.67. The molecule has 0 aromatic carbocycles. The summed E-state index contributed by atoms with van der Waals surface area (Å²) in [5, 5.41) is 0. The predicted molar refractivity (Wildman–Crippen MR) is 32.2 cm³/mol. The van der Waals surface area contributed by atoms with Gasteiger partial charge < -0.3 is 4.65 Å². The van der Waals surface area contributed by atoms with E-state index >= 15 is 0 Å². The highest BCUT2D eigenvalue weighted by Gasteiger charge is 1.87. The van der Waals surface area contributed by atoms with Crippen LogP contribution >= 0.6 is 0 Å². The predicted octanol–water partition coefficient (Wildman–Crippen LogP) is 0.494. The number of hydrogen-bond donors (Lipinski definition) is 1. The van der Waals surface area contributed by atoms with Crippen LogP contribution in [0.2, 0.25) is 19.6 Å². The van der Waals surface area contributed by atoms with Crippen LogP contribution in [-0.4, -0.2) is 18.6 Å². The van der Waals surface area contributed by atoms with Crippen molar-refractivity contribution < 1.29 is 0 Å². The van der Waals surface area contributed by atoms with Crippen LogP contribution in [0.15, 0.2) is 0 Å². The van der Waals surface area contributed by atoms with Gasteiger partial charge in [-0.25, -0.2) is 0 Å². The molecule has 0 atom stereocenters. The van der Waals surface area contributed by atoms with Gasteiger partial charge in [0.15, 0.2) is 0 Å². The highest BCUT2D eigenvalue weighted by molar-refractivity contribution is 6.62. The summed E-state index contributed by atoms with van der Waals surface area (Å²) in [7, 11) is 0.810. The fraction of sp³-hybridized carbons (Fsp3) is 1.00. The lowest BCUT2D eigenvalue weighted by molar-refractivity contribution is 1.50. The molecule has 1 N–H and O–H groups in total. The second-order valence-corrected chi connectivity index (χ2v) is 4.88. The molecule has 0 rings (SSSR count). The monoisotopic (exact) mass is 116 g/mol. The maximum absolute atomic E-state index is 3.34. The molecule has 0 unspecified atom stereocenters. The topological polar surface area (TPSA) is 12.0 Å². The second-order valence-electron chi connectivity index (χ2n) is 1.38. The Bertz CT molecular complexity index is 30.0. The van der Waals surface area contributed by atoms with Gasteiger partial charge in [-0.3, -0.25) is 0 Å². The van der Waals surface area contributed by atoms with E-state index in [0.717, 1.165) is 9.68 Å². The van der Waals surface area contributed by atoms with Gasteiger partial charge in [0.25, 0.3) is 0 Å². The van der Waals surface area contributed by atoms with Gasteiger partial charge in [0.1, 0.15) is 18.6 Å². The van der Waals surface area contributed by atoms with Gasteiger partial charge in [-0.2, -0.15) is 0 Å². The Kier molecular flexibility index (Phi) is 3.81. The average Bonchev–Trinajstić information content (AvgIpc) is 1.35. The summed E-state index contributed by atoms with van der Waals surface area (Å²) >= 11 is 0. The fourth-order valence-corrected chi connectivity index (χ4v) is 2.25. The molecule has 0 spiro atoms. The lowest BCUT2D eigenvalue weighted by Crippen LogP contribution is -2.28. The molecule has 0 aromatic heterocycles. The molecular weight excluding hydrogens is 106 g/mol. The lowest BCUT2D eigenvalue weighted by atomic mass is 11.9. The second kappa shape index (κ2) is 3.58. The fourth-order valence-electron chi connectivity index (χ4n) is 0.250. The van der Waals surface area contributed by atoms with Gasteiger partial charge in [-0.05, 0) is 0 Å². The quantitative estimate of drug-likeness (QED) is 0.518. The molecule has 3 heteroatoms. The molecule has 0 aliphatic heterocycles. The van der Waals surface area contributed by atoms with Crippen LogP contribution in [0, 0.1) is 0 Å². The third kappa shape index (κ3) is 4.39. The van der Waals surface area contributed by atoms with Crippen LogP contribution in [0.1, 0.15) is 0 Å². The van der Waals surface area contributed by atoms with Crippen molar-refractivity contribution in [2.45, 2.75) is 19.6 Å². The molecule has 0 amide bonds. The summed E-state index contributed by atoms with van der Waals surface area (Å²) in [6, 6.07) is 0. The van der Waals surface area contributed by atoms with Crippen molar-refractivity contribution in [1.82, 2.24) is 4.65 Å². The molecule has 0 fully saturated rings. The van der Waals surface area contributed by atoms with E-state index in [9.17, 15) is 0 Å². The Morgan fingerprint density at radius 1 is 1.50 bits per heavy atom. The smallest absolute Gasteiger partial charge is 0.127 e. The average molecular weight is 116 g/mol. The van der Waals surface area contributed by atoms with E-state index in [2.05, 4.69) is 24.3 Å². The Hall–Kier alpha value is 0.394. The Morgan fingerprint density at radius 3 is 2.00 bits per heavy atom. The summed E-state index contributed by atoms with van der Waals surface area (Å²) < 4.78 is 3.34. The zero-order valence-electron chi connectivity index (χ0n) is 4.50. The molecule has 0 saturated carbocycles. The minimum atomic E-state index is -0.123. The molecule has 3 radical (unpaired) electrons. The van der Waals surface area contributed by atoms with Crippen LogP contribution in [0.25, 0.3) is 0 Å². The van der Waals surface area contributed by atoms with Crippen molar-refractivity contribution in [3.8, 4) is 0 Å². The summed E-state index contributed by atoms with van der Waals surface area (Å²) in [4.78, 5) is 0. The van der Waals surface area contributed by atoms with E-state index in [4.69, 9.17) is 0 Å². The van der Waals surface area contributed by atoms with Gasteiger partial charge in [0.2, 0.25) is 0 Å². The van der Waals surface area contributed by atoms with Crippen LogP contribution in [0.4, 0.5) is 0 Å². The highest BCUT2D eigenvalue weighted by Crippen LogP contribution is 1.65. The summed E-state index contributed by atoms with van der Waals surface area (Å²) in [6.07, 6.45) is 0. The zero-order chi connectivity index (χ0) is 4.99. The van der Waals surface area contributed by atoms with Crippen LogP contribution in [-0.2, 0) is 0 Å². The highest BCUT2D eigenvalue weighted by atomic mass is 28.3. The first-order valence-electron chi connectivity index (χ1n) is 2.00. The largest absolute Gasteiger partial charge is 0.363 e. The molecule has 0 bridgehead atoms. The van der Waals surface area contributed by atoms with Gasteiger partial charge in [-0.15, -0.1) is 0 Å². The van der Waals surface area contributed by atoms with E-state index in [1.54, 1.807) is 0 Å². The van der Waals surface area contributed by atoms with Crippen molar-refractivity contribution in [2.24, 2.45) is 0 Å². The van der Waals surface area contributed by atoms with Crippen molar-refractivity contribution >= 4 is 18.6 Å². The molecule has 1 nitrogen and oxygen atoms in total. The Balaban J connectivity index is 2.63. The van der Waals surface area contributed by atoms with Gasteiger partial charge in [0, 0.05) is 0 Å². The SMILES string of the molecule is C[Si]N[Si](C)C. The van der Waals surface area contributed by atoms with E-state index in [1.807, 2.05) is 0 Å². The third-order valence-electron chi connectivity index (χ3n) is 0.375. The summed E-state index contributed by atoms with van der Waals surface area (Å²) in [5.41, 5.74) is 0. The van der Waals surface area contributed by atoms with E-state index in [-0.39, 0.29) is 8.96 Å². The first-order chi connectivity index (χ1) is 2.77. The summed E-state index contributed by atoms with van der Waals surface area (Å²) in [5.74, 6) is 0. The minimum absolute atomic E-state index is 0.123. The number of rotatable bonds is 2. The molecular formula is C3H10NSi2. The number of hydrogen-bond acceptors (Lipinski definition) is 1. The van der Waals surface area contributed by atoms with Crippen LogP contribution < -0.4 is 4.65 Å². The molecule has 6 heavy (non-hydrogen) atoms. The van der Waals surface area contributed by atoms with E-state index in [0.29, 0.717) is 0 Å². The van der Waals surface area contributed by atoms with Gasteiger partial charge in [0.05, 0.1) is 0 Å².